The van der Waals surface area contributed by atoms with E-state index >= 15 is 0 Å². The average Bonchev–Trinajstić information content (AvgIpc) is 1.92. The van der Waals surface area contributed by atoms with Crippen molar-refractivity contribution in [2.24, 2.45) is 17.3 Å². The molecule has 0 aromatic carbocycles. The Morgan fingerprint density at radius 3 is 2.17 bits per heavy atom. The molecule has 1 nitrogen and oxygen atoms in total. The number of aliphatic hydroxyl groups excluding tert-OH is 1. The predicted molar refractivity (Wildman–Crippen MR) is 52.0 cm³/mol. The first-order valence-corrected chi connectivity index (χ1v) is 5.09. The molecule has 0 aliphatic heterocycles. The molecule has 0 heterocycles. The summed E-state index contributed by atoms with van der Waals surface area (Å²) in [6, 6.07) is 0. The molecule has 1 rings (SSSR count). The van der Waals surface area contributed by atoms with Crippen LogP contribution in [0.5, 0.6) is 0 Å². The third-order valence-corrected chi connectivity index (χ3v) is 3.38. The Morgan fingerprint density at radius 1 is 1.17 bits per heavy atom. The summed E-state index contributed by atoms with van der Waals surface area (Å²) in [5, 5.41) is 9.71. The summed E-state index contributed by atoms with van der Waals surface area (Å²) in [4.78, 5) is 0. The van der Waals surface area contributed by atoms with Crippen molar-refractivity contribution in [1.29, 1.82) is 0 Å². The van der Waals surface area contributed by atoms with E-state index in [0.717, 1.165) is 6.42 Å². The van der Waals surface area contributed by atoms with E-state index in [1.54, 1.807) is 0 Å². The lowest BCUT2D eigenvalue weighted by molar-refractivity contribution is 0.0202. The highest BCUT2D eigenvalue weighted by atomic mass is 16.3. The van der Waals surface area contributed by atoms with Crippen molar-refractivity contribution in [2.45, 2.75) is 53.1 Å². The molecule has 0 aromatic rings. The summed E-state index contributed by atoms with van der Waals surface area (Å²) >= 11 is 0. The molecule has 12 heavy (non-hydrogen) atoms. The smallest absolute Gasteiger partial charge is 0.0568 e. The van der Waals surface area contributed by atoms with Gasteiger partial charge in [0.1, 0.15) is 0 Å². The van der Waals surface area contributed by atoms with Gasteiger partial charge >= 0.3 is 0 Å². The van der Waals surface area contributed by atoms with Gasteiger partial charge in [-0.25, -0.2) is 0 Å². The highest BCUT2D eigenvalue weighted by molar-refractivity contribution is 4.83. The number of rotatable bonds is 0. The van der Waals surface area contributed by atoms with Crippen LogP contribution in [0.25, 0.3) is 0 Å². The SMILES string of the molecule is CC1CC[C@@H](C(C)(C)C)C[C@H]1O. The summed E-state index contributed by atoms with van der Waals surface area (Å²) in [5.74, 6) is 1.23. The monoisotopic (exact) mass is 170 g/mol. The minimum absolute atomic E-state index is 0.0528. The van der Waals surface area contributed by atoms with Gasteiger partial charge in [0.15, 0.2) is 0 Å². The number of hydrogen-bond donors (Lipinski definition) is 1. The van der Waals surface area contributed by atoms with Crippen molar-refractivity contribution >= 4 is 0 Å². The van der Waals surface area contributed by atoms with E-state index in [1.807, 2.05) is 0 Å². The molecule has 0 aromatic heterocycles. The fourth-order valence-electron chi connectivity index (χ4n) is 2.08. The lowest BCUT2D eigenvalue weighted by atomic mass is 9.69. The quantitative estimate of drug-likeness (QED) is 0.592. The van der Waals surface area contributed by atoms with Crippen LogP contribution in [0.15, 0.2) is 0 Å². The van der Waals surface area contributed by atoms with Crippen molar-refractivity contribution in [3.63, 3.8) is 0 Å². The minimum atomic E-state index is -0.0528. The van der Waals surface area contributed by atoms with Crippen molar-refractivity contribution in [3.8, 4) is 0 Å². The molecule has 0 spiro atoms. The van der Waals surface area contributed by atoms with Gasteiger partial charge in [-0.2, -0.15) is 0 Å². The van der Waals surface area contributed by atoms with Gasteiger partial charge in [-0.1, -0.05) is 27.7 Å². The van der Waals surface area contributed by atoms with E-state index in [-0.39, 0.29) is 6.10 Å². The maximum Gasteiger partial charge on any atom is 0.0568 e. The van der Waals surface area contributed by atoms with Crippen molar-refractivity contribution in [1.82, 2.24) is 0 Å². The second kappa shape index (κ2) is 3.37. The molecule has 1 aliphatic rings. The molecule has 1 heteroatoms. The van der Waals surface area contributed by atoms with Crippen LogP contribution in [0.2, 0.25) is 0 Å². The topological polar surface area (TPSA) is 20.2 Å². The summed E-state index contributed by atoms with van der Waals surface area (Å²) in [6.07, 6.45) is 3.44. The fraction of sp³-hybridized carbons (Fsp3) is 1.00. The Hall–Kier alpha value is -0.0400. The zero-order chi connectivity index (χ0) is 9.35. The molecule has 1 N–H and O–H groups in total. The number of aliphatic hydroxyl groups is 1. The Labute approximate surface area is 76.2 Å². The molecule has 1 aliphatic carbocycles. The van der Waals surface area contributed by atoms with Gasteiger partial charge in [-0.3, -0.25) is 0 Å². The number of hydrogen-bond acceptors (Lipinski definition) is 1. The van der Waals surface area contributed by atoms with Gasteiger partial charge in [-0.15, -0.1) is 0 Å². The molecule has 1 saturated carbocycles. The lowest BCUT2D eigenvalue weighted by Gasteiger charge is -2.38. The highest BCUT2D eigenvalue weighted by Gasteiger charge is 2.32. The third-order valence-electron chi connectivity index (χ3n) is 3.38. The van der Waals surface area contributed by atoms with E-state index in [2.05, 4.69) is 27.7 Å². The first kappa shape index (κ1) is 10.0. The first-order chi connectivity index (χ1) is 5.41. The molecule has 0 radical (unpaired) electrons. The standard InChI is InChI=1S/C11H22O/c1-8-5-6-9(7-10(8)12)11(2,3)4/h8-10,12H,5-7H2,1-4H3/t8?,9-,10-/m1/s1. The van der Waals surface area contributed by atoms with Crippen LogP contribution in [-0.4, -0.2) is 11.2 Å². The van der Waals surface area contributed by atoms with Gasteiger partial charge in [0.25, 0.3) is 0 Å². The van der Waals surface area contributed by atoms with E-state index < -0.39 is 0 Å². The third kappa shape index (κ3) is 2.22. The molecule has 72 valence electrons. The molecule has 3 atom stereocenters. The molecule has 0 amide bonds. The van der Waals surface area contributed by atoms with Crippen LogP contribution >= 0.6 is 0 Å². The zero-order valence-electron chi connectivity index (χ0n) is 8.80. The van der Waals surface area contributed by atoms with Crippen LogP contribution in [-0.2, 0) is 0 Å². The van der Waals surface area contributed by atoms with Gasteiger partial charge < -0.3 is 5.11 Å². The van der Waals surface area contributed by atoms with Crippen molar-refractivity contribution < 1.29 is 5.11 Å². The van der Waals surface area contributed by atoms with E-state index in [9.17, 15) is 5.11 Å². The molecule has 1 unspecified atom stereocenters. The highest BCUT2D eigenvalue weighted by Crippen LogP contribution is 2.39. The molecule has 0 bridgehead atoms. The van der Waals surface area contributed by atoms with Gasteiger partial charge in [0.2, 0.25) is 0 Å². The summed E-state index contributed by atoms with van der Waals surface area (Å²) in [6.45, 7) is 8.99. The van der Waals surface area contributed by atoms with Gasteiger partial charge in [-0.05, 0) is 36.5 Å². The normalized spacial score (nSPS) is 38.2. The Kier molecular flexibility index (Phi) is 2.82. The van der Waals surface area contributed by atoms with Crippen LogP contribution in [0, 0.1) is 17.3 Å². The Morgan fingerprint density at radius 2 is 1.75 bits per heavy atom. The Balaban J connectivity index is 2.51. The first-order valence-electron chi connectivity index (χ1n) is 5.09. The lowest BCUT2D eigenvalue weighted by Crippen LogP contribution is -2.33. The summed E-state index contributed by atoms with van der Waals surface area (Å²) in [5.41, 5.74) is 0.376. The van der Waals surface area contributed by atoms with Gasteiger partial charge in [0, 0.05) is 0 Å². The Bertz CT molecular complexity index is 146. The predicted octanol–water partition coefficient (Wildman–Crippen LogP) is 2.83. The largest absolute Gasteiger partial charge is 0.393 e. The second-order valence-electron chi connectivity index (χ2n) is 5.42. The maximum atomic E-state index is 9.71. The van der Waals surface area contributed by atoms with E-state index in [0.29, 0.717) is 17.3 Å². The molecular formula is C11H22O. The van der Waals surface area contributed by atoms with E-state index in [4.69, 9.17) is 0 Å². The molecule has 1 fully saturated rings. The minimum Gasteiger partial charge on any atom is -0.393 e. The molecular weight excluding hydrogens is 148 g/mol. The van der Waals surface area contributed by atoms with Crippen molar-refractivity contribution in [3.05, 3.63) is 0 Å². The summed E-state index contributed by atoms with van der Waals surface area (Å²) < 4.78 is 0. The fourth-order valence-corrected chi connectivity index (χ4v) is 2.08. The van der Waals surface area contributed by atoms with Crippen LogP contribution in [0.1, 0.15) is 47.0 Å². The van der Waals surface area contributed by atoms with Crippen LogP contribution in [0.4, 0.5) is 0 Å². The van der Waals surface area contributed by atoms with Gasteiger partial charge in [0.05, 0.1) is 6.10 Å². The van der Waals surface area contributed by atoms with E-state index in [1.165, 1.54) is 12.8 Å². The van der Waals surface area contributed by atoms with Crippen LogP contribution in [0.3, 0.4) is 0 Å². The van der Waals surface area contributed by atoms with Crippen LogP contribution < -0.4 is 0 Å². The second-order valence-corrected chi connectivity index (χ2v) is 5.42. The summed E-state index contributed by atoms with van der Waals surface area (Å²) in [7, 11) is 0. The van der Waals surface area contributed by atoms with Crippen molar-refractivity contribution in [2.75, 3.05) is 0 Å². The zero-order valence-corrected chi connectivity index (χ0v) is 8.80. The average molecular weight is 170 g/mol. The maximum absolute atomic E-state index is 9.71. The molecule has 0 saturated heterocycles.